The molecular formula is C75H130O6. The van der Waals surface area contributed by atoms with Crippen LogP contribution in [0.2, 0.25) is 0 Å². The number of ether oxygens (including phenoxy) is 3. The van der Waals surface area contributed by atoms with Crippen LogP contribution in [-0.2, 0) is 28.6 Å². The van der Waals surface area contributed by atoms with Gasteiger partial charge in [0.25, 0.3) is 0 Å². The van der Waals surface area contributed by atoms with E-state index in [1.807, 2.05) is 0 Å². The average Bonchev–Trinajstić information content (AvgIpc) is 3.47. The van der Waals surface area contributed by atoms with Crippen LogP contribution in [0.15, 0.2) is 97.2 Å². The lowest BCUT2D eigenvalue weighted by Gasteiger charge is -2.18. The maximum Gasteiger partial charge on any atom is 0.306 e. The lowest BCUT2D eigenvalue weighted by molar-refractivity contribution is -0.167. The molecule has 0 saturated heterocycles. The van der Waals surface area contributed by atoms with Crippen LogP contribution in [0, 0.1) is 0 Å². The molecule has 0 aliphatic rings. The maximum absolute atomic E-state index is 12.9. The number of carbonyl (C=O) groups is 3. The molecular weight excluding hydrogens is 997 g/mol. The zero-order valence-corrected chi connectivity index (χ0v) is 53.5. The smallest absolute Gasteiger partial charge is 0.306 e. The Balaban J connectivity index is 4.15. The lowest BCUT2D eigenvalue weighted by atomic mass is 10.0. The zero-order valence-electron chi connectivity index (χ0n) is 53.5. The lowest BCUT2D eigenvalue weighted by Crippen LogP contribution is -2.30. The molecule has 6 nitrogen and oxygen atoms in total. The molecule has 81 heavy (non-hydrogen) atoms. The van der Waals surface area contributed by atoms with Crippen LogP contribution in [0.1, 0.15) is 342 Å². The molecule has 6 heteroatoms. The van der Waals surface area contributed by atoms with Crippen molar-refractivity contribution in [3.8, 4) is 0 Å². The molecule has 0 aliphatic heterocycles. The number of unbranched alkanes of at least 4 members (excludes halogenated alkanes) is 36. The van der Waals surface area contributed by atoms with Crippen LogP contribution in [0.5, 0.6) is 0 Å². The second-order valence-electron chi connectivity index (χ2n) is 23.1. The summed E-state index contributed by atoms with van der Waals surface area (Å²) in [7, 11) is 0. The number of allylic oxidation sites excluding steroid dienone is 16. The summed E-state index contributed by atoms with van der Waals surface area (Å²) in [6, 6.07) is 0. The van der Waals surface area contributed by atoms with Gasteiger partial charge in [-0.3, -0.25) is 14.4 Å². The summed E-state index contributed by atoms with van der Waals surface area (Å²) in [5, 5.41) is 0. The summed E-state index contributed by atoms with van der Waals surface area (Å²) in [5.74, 6) is -0.880. The highest BCUT2D eigenvalue weighted by molar-refractivity contribution is 5.71. The highest BCUT2D eigenvalue weighted by Gasteiger charge is 2.19. The van der Waals surface area contributed by atoms with Gasteiger partial charge in [0.1, 0.15) is 13.2 Å². The van der Waals surface area contributed by atoms with Crippen LogP contribution in [-0.4, -0.2) is 37.2 Å². The minimum Gasteiger partial charge on any atom is -0.462 e. The highest BCUT2D eigenvalue weighted by Crippen LogP contribution is 2.17. The zero-order chi connectivity index (χ0) is 58.5. The topological polar surface area (TPSA) is 78.9 Å². The Morgan fingerprint density at radius 2 is 0.481 bits per heavy atom. The Bertz CT molecular complexity index is 1580. The molecule has 0 spiro atoms. The molecule has 1 unspecified atom stereocenters. The first-order chi connectivity index (χ1) is 40.0. The fraction of sp³-hybridized carbons (Fsp3) is 0.747. The molecule has 0 bridgehead atoms. The van der Waals surface area contributed by atoms with Gasteiger partial charge in [0.15, 0.2) is 6.10 Å². The van der Waals surface area contributed by atoms with Crippen molar-refractivity contribution in [2.24, 2.45) is 0 Å². The fourth-order valence-electron chi connectivity index (χ4n) is 9.89. The largest absolute Gasteiger partial charge is 0.462 e. The third-order valence-electron chi connectivity index (χ3n) is 15.1. The number of rotatable bonds is 63. The molecule has 0 saturated carbocycles. The molecule has 0 amide bonds. The predicted octanol–water partition coefficient (Wildman–Crippen LogP) is 24.0. The van der Waals surface area contributed by atoms with E-state index in [1.54, 1.807) is 0 Å². The fourth-order valence-corrected chi connectivity index (χ4v) is 9.89. The summed E-state index contributed by atoms with van der Waals surface area (Å²) in [5.41, 5.74) is 0. The van der Waals surface area contributed by atoms with Gasteiger partial charge in [0, 0.05) is 19.3 Å². The van der Waals surface area contributed by atoms with E-state index < -0.39 is 6.10 Å². The number of esters is 3. The second-order valence-corrected chi connectivity index (χ2v) is 23.1. The molecule has 0 rings (SSSR count). The quantitative estimate of drug-likeness (QED) is 0.0261. The molecule has 0 N–H and O–H groups in total. The Morgan fingerprint density at radius 1 is 0.259 bits per heavy atom. The second kappa shape index (κ2) is 68.8. The molecule has 0 aromatic carbocycles. The maximum atomic E-state index is 12.9. The van der Waals surface area contributed by atoms with Gasteiger partial charge in [-0.05, 0) is 103 Å². The van der Waals surface area contributed by atoms with E-state index in [0.29, 0.717) is 19.3 Å². The van der Waals surface area contributed by atoms with Crippen LogP contribution in [0.4, 0.5) is 0 Å². The van der Waals surface area contributed by atoms with Crippen molar-refractivity contribution in [3.05, 3.63) is 97.2 Å². The highest BCUT2D eigenvalue weighted by atomic mass is 16.6. The van der Waals surface area contributed by atoms with E-state index in [-0.39, 0.29) is 31.1 Å². The van der Waals surface area contributed by atoms with Crippen LogP contribution in [0.3, 0.4) is 0 Å². The Morgan fingerprint density at radius 3 is 0.753 bits per heavy atom. The number of hydrogen-bond acceptors (Lipinski definition) is 6. The van der Waals surface area contributed by atoms with Gasteiger partial charge in [-0.25, -0.2) is 0 Å². The third-order valence-corrected chi connectivity index (χ3v) is 15.1. The van der Waals surface area contributed by atoms with E-state index in [0.717, 1.165) is 109 Å². The van der Waals surface area contributed by atoms with Crippen molar-refractivity contribution in [1.82, 2.24) is 0 Å². The van der Waals surface area contributed by atoms with Gasteiger partial charge >= 0.3 is 17.9 Å². The van der Waals surface area contributed by atoms with E-state index >= 15 is 0 Å². The number of hydrogen-bond donors (Lipinski definition) is 0. The molecule has 0 aromatic rings. The summed E-state index contributed by atoms with van der Waals surface area (Å²) in [4.78, 5) is 38.3. The van der Waals surface area contributed by atoms with Gasteiger partial charge < -0.3 is 14.2 Å². The molecule has 0 fully saturated rings. The van der Waals surface area contributed by atoms with E-state index in [2.05, 4.69) is 118 Å². The monoisotopic (exact) mass is 1130 g/mol. The Labute approximate surface area is 502 Å². The van der Waals surface area contributed by atoms with Gasteiger partial charge in [0.05, 0.1) is 0 Å². The van der Waals surface area contributed by atoms with Crippen LogP contribution in [0.25, 0.3) is 0 Å². The van der Waals surface area contributed by atoms with Crippen molar-refractivity contribution in [2.75, 3.05) is 13.2 Å². The SMILES string of the molecule is CC/C=C\C/C=C\C/C=C\C/C=C\C/C=C\CCCCCCCCCC(=O)OC(COC(=O)CCCCCCCCCCC)COC(=O)CCCCCCCCCCCCCCCCCC/C=C\C/C=C\C/C=C\CCCCCCC. The van der Waals surface area contributed by atoms with E-state index in [9.17, 15) is 14.4 Å². The summed E-state index contributed by atoms with van der Waals surface area (Å²) in [6.07, 6.45) is 93.0. The molecule has 0 aliphatic carbocycles. The average molecular weight is 1130 g/mol. The van der Waals surface area contributed by atoms with Crippen molar-refractivity contribution >= 4 is 17.9 Å². The van der Waals surface area contributed by atoms with E-state index in [4.69, 9.17) is 14.2 Å². The molecule has 0 radical (unpaired) electrons. The normalized spacial score (nSPS) is 12.7. The van der Waals surface area contributed by atoms with Gasteiger partial charge in [0.2, 0.25) is 0 Å². The van der Waals surface area contributed by atoms with E-state index in [1.165, 1.54) is 193 Å². The van der Waals surface area contributed by atoms with Gasteiger partial charge in [-0.1, -0.05) is 317 Å². The first kappa shape index (κ1) is 77.3. The van der Waals surface area contributed by atoms with Gasteiger partial charge in [-0.15, -0.1) is 0 Å². The number of carbonyl (C=O) groups excluding carboxylic acids is 3. The van der Waals surface area contributed by atoms with Crippen molar-refractivity contribution in [1.29, 1.82) is 0 Å². The minimum atomic E-state index is -0.782. The molecule has 0 heterocycles. The van der Waals surface area contributed by atoms with Crippen LogP contribution < -0.4 is 0 Å². The van der Waals surface area contributed by atoms with Crippen molar-refractivity contribution < 1.29 is 28.6 Å². The van der Waals surface area contributed by atoms with Gasteiger partial charge in [-0.2, -0.15) is 0 Å². The Hall–Kier alpha value is -3.67. The Kier molecular flexibility index (Phi) is 65.7. The standard InChI is InChI=1S/C75H130O6/c1-4-7-10-13-16-19-21-23-25-27-29-31-33-34-35-36-37-38-39-40-42-43-45-47-49-51-53-56-59-62-65-68-74(77)80-71-72(70-79-73(76)67-64-61-58-55-18-15-12-9-6-3)81-75(78)69-66-63-60-57-54-52-50-48-46-44-41-32-30-28-26-24-22-20-17-14-11-8-5-2/h8,11,17,20-21,23-24,26-27,29-30,32-34,44,46,72H,4-7,9-10,12-16,18-19,22,25,28,31,35-43,45,47-71H2,1-3H3/b11-8-,20-17-,23-21-,26-24-,29-27-,32-30-,34-33-,46-44-. The first-order valence-corrected chi connectivity index (χ1v) is 34.7. The molecule has 466 valence electrons. The molecule has 1 atom stereocenters. The summed E-state index contributed by atoms with van der Waals surface area (Å²) >= 11 is 0. The third kappa shape index (κ3) is 67.0. The summed E-state index contributed by atoms with van der Waals surface area (Å²) in [6.45, 7) is 6.52. The molecule has 0 aromatic heterocycles. The minimum absolute atomic E-state index is 0.0789. The van der Waals surface area contributed by atoms with Crippen LogP contribution >= 0.6 is 0 Å². The predicted molar refractivity (Wildman–Crippen MR) is 353 cm³/mol. The van der Waals surface area contributed by atoms with Crippen molar-refractivity contribution in [2.45, 2.75) is 348 Å². The van der Waals surface area contributed by atoms with Crippen molar-refractivity contribution in [3.63, 3.8) is 0 Å². The first-order valence-electron chi connectivity index (χ1n) is 34.7. The summed E-state index contributed by atoms with van der Waals surface area (Å²) < 4.78 is 16.9.